The third-order valence-electron chi connectivity index (χ3n) is 5.19. The fraction of sp³-hybridized carbons (Fsp3) is 0.625. The summed E-state index contributed by atoms with van der Waals surface area (Å²) < 4.78 is 1.67. The van der Waals surface area contributed by atoms with Gasteiger partial charge in [0.1, 0.15) is 5.66 Å². The lowest BCUT2D eigenvalue weighted by molar-refractivity contribution is 0.0145. The van der Waals surface area contributed by atoms with Gasteiger partial charge in [-0.25, -0.2) is 0 Å². The van der Waals surface area contributed by atoms with Crippen molar-refractivity contribution in [2.45, 2.75) is 51.6 Å². The van der Waals surface area contributed by atoms with Gasteiger partial charge in [0.2, 0.25) is 5.43 Å². The Bertz CT molecular complexity index is 674. The van der Waals surface area contributed by atoms with Crippen LogP contribution in [0.5, 0.6) is 5.75 Å². The van der Waals surface area contributed by atoms with Crippen LogP contribution in [0.15, 0.2) is 11.0 Å². The first-order valence-corrected chi connectivity index (χ1v) is 7.95. The third-order valence-corrected chi connectivity index (χ3v) is 5.19. The quantitative estimate of drug-likeness (QED) is 0.855. The van der Waals surface area contributed by atoms with Crippen molar-refractivity contribution >= 4 is 5.91 Å². The van der Waals surface area contributed by atoms with Crippen LogP contribution in [0.2, 0.25) is 0 Å². The summed E-state index contributed by atoms with van der Waals surface area (Å²) in [6, 6.07) is 0. The molecule has 1 aliphatic carbocycles. The van der Waals surface area contributed by atoms with Crippen LogP contribution in [0.4, 0.5) is 0 Å². The Morgan fingerprint density at radius 2 is 1.86 bits per heavy atom. The van der Waals surface area contributed by atoms with Gasteiger partial charge in [-0.3, -0.25) is 19.3 Å². The summed E-state index contributed by atoms with van der Waals surface area (Å²) in [5.74, 6) is -0.696. The van der Waals surface area contributed by atoms with E-state index in [2.05, 4.69) is 0 Å². The van der Waals surface area contributed by atoms with Crippen LogP contribution in [0.1, 0.15) is 55.1 Å². The van der Waals surface area contributed by atoms with Crippen LogP contribution in [-0.2, 0) is 0 Å². The summed E-state index contributed by atoms with van der Waals surface area (Å²) in [6.45, 7) is 4.17. The number of hydrogen-bond donors (Lipinski definition) is 1. The first-order chi connectivity index (χ1) is 10.4. The number of rotatable bonds is 1. The van der Waals surface area contributed by atoms with Gasteiger partial charge in [0.15, 0.2) is 11.4 Å². The second-order valence-corrected chi connectivity index (χ2v) is 6.30. The number of amides is 1. The van der Waals surface area contributed by atoms with E-state index < -0.39 is 11.2 Å². The van der Waals surface area contributed by atoms with E-state index in [1.165, 1.54) is 6.42 Å². The number of carbonyl (C=O) groups excluding carboxylic acids is 1. The molecule has 120 valence electrons. The zero-order chi connectivity index (χ0) is 16.1. The minimum absolute atomic E-state index is 0.0798. The van der Waals surface area contributed by atoms with E-state index in [-0.39, 0.29) is 17.3 Å². The zero-order valence-corrected chi connectivity index (χ0v) is 13.4. The van der Waals surface area contributed by atoms with E-state index in [4.69, 9.17) is 0 Å². The minimum atomic E-state index is -0.469. The summed E-state index contributed by atoms with van der Waals surface area (Å²) >= 11 is 0. The topological polar surface area (TPSA) is 65.8 Å². The number of fused-ring (bicyclic) bond motifs is 1. The molecule has 3 rings (SSSR count). The molecule has 0 atom stereocenters. The van der Waals surface area contributed by atoms with Gasteiger partial charge in [-0.1, -0.05) is 6.42 Å². The predicted octanol–water partition coefficient (Wildman–Crippen LogP) is 1.57. The lowest BCUT2D eigenvalue weighted by Crippen LogP contribution is -2.69. The maximum atomic E-state index is 12.9. The normalized spacial score (nSPS) is 20.4. The molecular weight excluding hydrogens is 282 g/mol. The molecule has 2 heterocycles. The van der Waals surface area contributed by atoms with Gasteiger partial charge in [0.25, 0.3) is 5.91 Å². The van der Waals surface area contributed by atoms with Crippen molar-refractivity contribution in [3.8, 4) is 5.75 Å². The van der Waals surface area contributed by atoms with Crippen LogP contribution < -0.4 is 10.4 Å². The molecule has 1 aliphatic heterocycles. The highest BCUT2D eigenvalue weighted by Gasteiger charge is 2.49. The minimum Gasteiger partial charge on any atom is -0.502 e. The van der Waals surface area contributed by atoms with Crippen molar-refractivity contribution in [1.82, 2.24) is 9.58 Å². The Labute approximate surface area is 129 Å². The van der Waals surface area contributed by atoms with Gasteiger partial charge in [-0.2, -0.15) is 0 Å². The fourth-order valence-electron chi connectivity index (χ4n) is 3.99. The number of nitrogens with zero attached hydrogens (tertiary/aromatic N) is 3. The smallest absolute Gasteiger partial charge is 0.278 e. The van der Waals surface area contributed by atoms with Crippen LogP contribution in [-0.4, -0.2) is 39.8 Å². The molecule has 0 saturated heterocycles. The summed E-state index contributed by atoms with van der Waals surface area (Å²) in [5, 5.41) is 12.2. The largest absolute Gasteiger partial charge is 0.502 e. The van der Waals surface area contributed by atoms with E-state index in [0.29, 0.717) is 12.1 Å². The van der Waals surface area contributed by atoms with Gasteiger partial charge in [0.05, 0.1) is 0 Å². The molecule has 2 aliphatic rings. The molecule has 0 radical (unpaired) electrons. The van der Waals surface area contributed by atoms with E-state index >= 15 is 0 Å². The van der Waals surface area contributed by atoms with E-state index in [9.17, 15) is 14.7 Å². The number of hydrogen-bond acceptors (Lipinski definition) is 4. The third kappa shape index (κ3) is 1.79. The van der Waals surface area contributed by atoms with Crippen molar-refractivity contribution in [2.75, 3.05) is 18.6 Å². The van der Waals surface area contributed by atoms with E-state index in [1.54, 1.807) is 17.8 Å². The lowest BCUT2D eigenvalue weighted by Gasteiger charge is -2.56. The highest BCUT2D eigenvalue weighted by molar-refractivity contribution is 5.97. The molecular formula is C16H23N3O3. The van der Waals surface area contributed by atoms with E-state index in [0.717, 1.165) is 25.7 Å². The predicted molar refractivity (Wildman–Crippen MR) is 83.8 cm³/mol. The van der Waals surface area contributed by atoms with Crippen LogP contribution >= 0.6 is 0 Å². The molecule has 1 aromatic heterocycles. The second-order valence-electron chi connectivity index (χ2n) is 6.30. The van der Waals surface area contributed by atoms with Crippen LogP contribution in [0.25, 0.3) is 0 Å². The number of aromatic hydroxyl groups is 1. The highest BCUT2D eigenvalue weighted by atomic mass is 16.3. The zero-order valence-electron chi connectivity index (χ0n) is 13.4. The first-order valence-electron chi connectivity index (χ1n) is 7.95. The molecule has 6 heteroatoms. The summed E-state index contributed by atoms with van der Waals surface area (Å²) in [7, 11) is 1.94. The Kier molecular flexibility index (Phi) is 3.42. The van der Waals surface area contributed by atoms with Crippen molar-refractivity contribution in [2.24, 2.45) is 0 Å². The molecule has 1 amide bonds. The van der Waals surface area contributed by atoms with Crippen LogP contribution in [0, 0.1) is 6.92 Å². The first kappa shape index (κ1) is 14.9. The summed E-state index contributed by atoms with van der Waals surface area (Å²) in [6.07, 6.45) is 6.83. The lowest BCUT2D eigenvalue weighted by atomic mass is 9.86. The van der Waals surface area contributed by atoms with Gasteiger partial charge < -0.3 is 10.0 Å². The van der Waals surface area contributed by atoms with Gasteiger partial charge in [0, 0.05) is 25.4 Å². The monoisotopic (exact) mass is 305 g/mol. The average Bonchev–Trinajstić information content (AvgIpc) is 2.51. The molecule has 1 spiro atoms. The molecule has 6 nitrogen and oxygen atoms in total. The molecule has 0 unspecified atom stereocenters. The Morgan fingerprint density at radius 1 is 1.23 bits per heavy atom. The van der Waals surface area contributed by atoms with Crippen LogP contribution in [0.3, 0.4) is 0 Å². The summed E-state index contributed by atoms with van der Waals surface area (Å²) in [5.41, 5.74) is -0.304. The number of carbonyl (C=O) groups is 1. The molecule has 0 bridgehead atoms. The molecule has 1 N–H and O–H groups in total. The fourth-order valence-corrected chi connectivity index (χ4v) is 3.99. The van der Waals surface area contributed by atoms with Gasteiger partial charge in [-0.15, -0.1) is 0 Å². The molecule has 22 heavy (non-hydrogen) atoms. The summed E-state index contributed by atoms with van der Waals surface area (Å²) in [4.78, 5) is 26.7. The molecule has 1 saturated carbocycles. The van der Waals surface area contributed by atoms with Crippen molar-refractivity contribution < 1.29 is 9.90 Å². The Balaban J connectivity index is 2.25. The standard InChI is InChI=1S/C16H23N3O3/c1-4-18-15(22)12-14(21)13(20)11(2)10-19(12)17(3)16(18)8-6-5-7-9-16/h10,21H,4-9H2,1-3H3. The number of aryl methyl sites for hydroxylation is 1. The molecule has 0 aromatic carbocycles. The van der Waals surface area contributed by atoms with Gasteiger partial charge in [-0.05, 0) is 39.5 Å². The van der Waals surface area contributed by atoms with Crippen molar-refractivity contribution in [3.05, 3.63) is 27.7 Å². The maximum Gasteiger partial charge on any atom is 0.278 e. The molecule has 1 aromatic rings. The van der Waals surface area contributed by atoms with Gasteiger partial charge >= 0.3 is 0 Å². The molecule has 1 fully saturated rings. The van der Waals surface area contributed by atoms with E-state index in [1.807, 2.05) is 23.9 Å². The second kappa shape index (κ2) is 5.04. The number of aromatic nitrogens is 1. The van der Waals surface area contributed by atoms with Crippen molar-refractivity contribution in [3.63, 3.8) is 0 Å². The van der Waals surface area contributed by atoms with Crippen molar-refractivity contribution in [1.29, 1.82) is 0 Å². The number of pyridine rings is 1. The maximum absolute atomic E-state index is 12.9. The SMILES string of the molecule is CCN1C(=O)c2c(O)c(=O)c(C)cn2N(C)C12CCCCC2. The Morgan fingerprint density at radius 3 is 2.45 bits per heavy atom. The Hall–Kier alpha value is -1.98. The highest BCUT2D eigenvalue weighted by Crippen LogP contribution is 2.39. The average molecular weight is 305 g/mol.